The molecule has 0 aliphatic heterocycles. The second kappa shape index (κ2) is 5.17. The van der Waals surface area contributed by atoms with Gasteiger partial charge in [0.25, 0.3) is 0 Å². The average Bonchev–Trinajstić information content (AvgIpc) is 3.04. The summed E-state index contributed by atoms with van der Waals surface area (Å²) in [6.45, 7) is 0. The van der Waals surface area contributed by atoms with Crippen LogP contribution in [-0.4, -0.2) is 0 Å². The summed E-state index contributed by atoms with van der Waals surface area (Å²) in [6.07, 6.45) is 2.18. The maximum Gasteiger partial charge on any atom is 0.0166 e. The third-order valence-electron chi connectivity index (χ3n) is 2.70. The van der Waals surface area contributed by atoms with Crippen molar-refractivity contribution < 1.29 is 0 Å². The van der Waals surface area contributed by atoms with Crippen molar-refractivity contribution in [3.05, 3.63) is 66.7 Å². The largest absolute Gasteiger partial charge is 0.149 e. The van der Waals surface area contributed by atoms with Crippen LogP contribution in [0.25, 0.3) is 0 Å². The van der Waals surface area contributed by atoms with Crippen LogP contribution in [0.15, 0.2) is 46.5 Å². The summed E-state index contributed by atoms with van der Waals surface area (Å²) in [7, 11) is 0. The van der Waals surface area contributed by atoms with E-state index in [0.717, 1.165) is 12.8 Å². The normalized spacial score (nSPS) is 10.8. The summed E-state index contributed by atoms with van der Waals surface area (Å²) in [5, 5.41) is 6.52. The van der Waals surface area contributed by atoms with Gasteiger partial charge in [-0.1, -0.05) is 12.1 Å². The van der Waals surface area contributed by atoms with E-state index in [2.05, 4.69) is 46.5 Å². The number of rotatable bonds is 4. The Bertz CT molecular complexity index is 508. The first kappa shape index (κ1) is 11.2. The van der Waals surface area contributed by atoms with Crippen LogP contribution < -0.4 is 0 Å². The van der Waals surface area contributed by atoms with Gasteiger partial charge in [0.1, 0.15) is 0 Å². The summed E-state index contributed by atoms with van der Waals surface area (Å²) in [5.41, 5.74) is 1.49. The third kappa shape index (κ3) is 2.68. The van der Waals surface area contributed by atoms with E-state index in [1.165, 1.54) is 20.2 Å². The van der Waals surface area contributed by atoms with Crippen molar-refractivity contribution in [2.75, 3.05) is 0 Å². The molecule has 3 heterocycles. The lowest BCUT2D eigenvalue weighted by atomic mass is 10.1. The molecule has 0 saturated carbocycles. The Balaban J connectivity index is 1.79. The first-order chi connectivity index (χ1) is 8.42. The van der Waals surface area contributed by atoms with E-state index in [0.29, 0.717) is 0 Å². The van der Waals surface area contributed by atoms with Crippen LogP contribution in [0.2, 0.25) is 0 Å². The van der Waals surface area contributed by atoms with Gasteiger partial charge in [0.2, 0.25) is 0 Å². The fraction of sp³-hybridized carbons (Fsp3) is 0.143. The highest BCUT2D eigenvalue weighted by Crippen LogP contribution is 2.26. The SMILES string of the molecule is c1csc(Cc2ccsc2Cc2cccs2)c1. The van der Waals surface area contributed by atoms with Crippen molar-refractivity contribution in [3.63, 3.8) is 0 Å². The monoisotopic (exact) mass is 276 g/mol. The molecule has 0 unspecified atom stereocenters. The molecule has 0 bridgehead atoms. The zero-order valence-corrected chi connectivity index (χ0v) is 11.7. The van der Waals surface area contributed by atoms with Crippen molar-refractivity contribution in [3.8, 4) is 0 Å². The molecule has 0 nitrogen and oxygen atoms in total. The van der Waals surface area contributed by atoms with Gasteiger partial charge in [-0.25, -0.2) is 0 Å². The Morgan fingerprint density at radius 1 is 0.706 bits per heavy atom. The van der Waals surface area contributed by atoms with Gasteiger partial charge in [0.15, 0.2) is 0 Å². The molecule has 0 spiro atoms. The Morgan fingerprint density at radius 3 is 2.06 bits per heavy atom. The smallest absolute Gasteiger partial charge is 0.0166 e. The predicted octanol–water partition coefficient (Wildman–Crippen LogP) is 5.05. The molecule has 0 aliphatic rings. The molecule has 3 aromatic heterocycles. The standard InChI is InChI=1S/C14H12S3/c1-3-12(15-6-1)9-11-5-8-17-14(11)10-13-4-2-7-16-13/h1-8H,9-10H2. The first-order valence-corrected chi connectivity index (χ1v) is 8.16. The second-order valence-electron chi connectivity index (χ2n) is 3.88. The fourth-order valence-corrected chi connectivity index (χ4v) is 4.31. The van der Waals surface area contributed by atoms with Crippen molar-refractivity contribution >= 4 is 34.0 Å². The van der Waals surface area contributed by atoms with Crippen LogP contribution >= 0.6 is 34.0 Å². The molecule has 3 rings (SSSR count). The van der Waals surface area contributed by atoms with E-state index in [-0.39, 0.29) is 0 Å². The van der Waals surface area contributed by atoms with Gasteiger partial charge >= 0.3 is 0 Å². The number of hydrogen-bond acceptors (Lipinski definition) is 3. The molecule has 0 radical (unpaired) electrons. The fourth-order valence-electron chi connectivity index (χ4n) is 1.85. The number of hydrogen-bond donors (Lipinski definition) is 0. The number of thiophene rings is 3. The lowest BCUT2D eigenvalue weighted by Gasteiger charge is -2.01. The Morgan fingerprint density at radius 2 is 1.41 bits per heavy atom. The molecule has 86 valence electrons. The molecule has 0 saturated heterocycles. The average molecular weight is 276 g/mol. The summed E-state index contributed by atoms with van der Waals surface area (Å²) in [4.78, 5) is 4.43. The van der Waals surface area contributed by atoms with Crippen LogP contribution in [0.4, 0.5) is 0 Å². The molecule has 0 N–H and O–H groups in total. The van der Waals surface area contributed by atoms with Crippen molar-refractivity contribution in [1.82, 2.24) is 0 Å². The summed E-state index contributed by atoms with van der Waals surface area (Å²) < 4.78 is 0. The highest BCUT2D eigenvalue weighted by Gasteiger charge is 2.07. The molecule has 3 heteroatoms. The van der Waals surface area contributed by atoms with Crippen LogP contribution in [0.1, 0.15) is 20.2 Å². The van der Waals surface area contributed by atoms with Crippen molar-refractivity contribution in [2.24, 2.45) is 0 Å². The Kier molecular flexibility index (Phi) is 3.41. The zero-order chi connectivity index (χ0) is 11.5. The van der Waals surface area contributed by atoms with Crippen LogP contribution in [-0.2, 0) is 12.8 Å². The summed E-state index contributed by atoms with van der Waals surface area (Å²) >= 11 is 5.57. The molecule has 0 amide bonds. The van der Waals surface area contributed by atoms with Crippen LogP contribution in [0.3, 0.4) is 0 Å². The first-order valence-electron chi connectivity index (χ1n) is 5.52. The molecule has 17 heavy (non-hydrogen) atoms. The van der Waals surface area contributed by atoms with Gasteiger partial charge in [-0.05, 0) is 39.9 Å². The molecule has 0 atom stereocenters. The van der Waals surface area contributed by atoms with Gasteiger partial charge < -0.3 is 0 Å². The van der Waals surface area contributed by atoms with E-state index in [4.69, 9.17) is 0 Å². The maximum absolute atomic E-state index is 2.27. The lowest BCUT2D eigenvalue weighted by Crippen LogP contribution is -1.89. The highest BCUT2D eigenvalue weighted by molar-refractivity contribution is 7.11. The van der Waals surface area contributed by atoms with E-state index >= 15 is 0 Å². The van der Waals surface area contributed by atoms with Gasteiger partial charge in [-0.15, -0.1) is 34.0 Å². The minimum atomic E-state index is 1.09. The predicted molar refractivity (Wildman–Crippen MR) is 78.6 cm³/mol. The quantitative estimate of drug-likeness (QED) is 0.625. The van der Waals surface area contributed by atoms with E-state index in [9.17, 15) is 0 Å². The molecule has 0 aliphatic carbocycles. The van der Waals surface area contributed by atoms with Gasteiger partial charge in [-0.3, -0.25) is 0 Å². The minimum absolute atomic E-state index is 1.09. The molecule has 0 fully saturated rings. The van der Waals surface area contributed by atoms with Gasteiger partial charge in [-0.2, -0.15) is 0 Å². The van der Waals surface area contributed by atoms with Crippen molar-refractivity contribution in [2.45, 2.75) is 12.8 Å². The lowest BCUT2D eigenvalue weighted by molar-refractivity contribution is 1.17. The molecular weight excluding hydrogens is 264 g/mol. The van der Waals surface area contributed by atoms with E-state index in [1.807, 2.05) is 34.0 Å². The van der Waals surface area contributed by atoms with E-state index < -0.39 is 0 Å². The van der Waals surface area contributed by atoms with Crippen LogP contribution in [0.5, 0.6) is 0 Å². The minimum Gasteiger partial charge on any atom is -0.149 e. The van der Waals surface area contributed by atoms with Crippen LogP contribution in [0, 0.1) is 0 Å². The van der Waals surface area contributed by atoms with E-state index in [1.54, 1.807) is 0 Å². The molecule has 3 aromatic rings. The Labute approximate surface area is 113 Å². The van der Waals surface area contributed by atoms with Gasteiger partial charge in [0, 0.05) is 27.5 Å². The highest BCUT2D eigenvalue weighted by atomic mass is 32.1. The summed E-state index contributed by atoms with van der Waals surface area (Å²) in [5.74, 6) is 0. The third-order valence-corrected chi connectivity index (χ3v) is 5.41. The Hall–Kier alpha value is -0.900. The second-order valence-corrected chi connectivity index (χ2v) is 6.95. The topological polar surface area (TPSA) is 0 Å². The maximum atomic E-state index is 2.27. The van der Waals surface area contributed by atoms with Gasteiger partial charge in [0.05, 0.1) is 0 Å². The van der Waals surface area contributed by atoms with Crippen molar-refractivity contribution in [1.29, 1.82) is 0 Å². The zero-order valence-electron chi connectivity index (χ0n) is 9.26. The molecule has 0 aromatic carbocycles. The summed E-state index contributed by atoms with van der Waals surface area (Å²) in [6, 6.07) is 11.0. The molecular formula is C14H12S3.